The molecule has 2 aromatic carbocycles. The zero-order valence-electron chi connectivity index (χ0n) is 16.3. The zero-order chi connectivity index (χ0) is 20.5. The molecule has 7 heteroatoms. The smallest absolute Gasteiger partial charge is 0.242 e. The summed E-state index contributed by atoms with van der Waals surface area (Å²) < 4.78 is 5.17. The van der Waals surface area contributed by atoms with E-state index in [9.17, 15) is 9.59 Å². The van der Waals surface area contributed by atoms with Gasteiger partial charge in [0, 0.05) is 35.7 Å². The molecular weight excluding hydrogens is 396 g/mol. The Hall–Kier alpha value is -2.18. The van der Waals surface area contributed by atoms with E-state index in [4.69, 9.17) is 16.3 Å². The van der Waals surface area contributed by atoms with Crippen molar-refractivity contribution < 1.29 is 14.3 Å². The molecular formula is C21H25ClN2O3S. The number of thioether (sulfide) groups is 1. The van der Waals surface area contributed by atoms with Gasteiger partial charge in [-0.25, -0.2) is 0 Å². The topological polar surface area (TPSA) is 58.6 Å². The fourth-order valence-corrected chi connectivity index (χ4v) is 3.62. The normalized spacial score (nSPS) is 11.6. The average molecular weight is 421 g/mol. The van der Waals surface area contributed by atoms with Gasteiger partial charge in [0.15, 0.2) is 0 Å². The molecule has 150 valence electrons. The SMILES string of the molecule is CNC(=O)[C@@H](C)N(Cc1ccc(OC)cc1)C(=O)CCSc1ccc(Cl)cc1. The Kier molecular flexibility index (Phi) is 8.67. The Balaban J connectivity index is 2.02. The minimum absolute atomic E-state index is 0.0617. The van der Waals surface area contributed by atoms with Crippen molar-refractivity contribution in [2.45, 2.75) is 30.8 Å². The highest BCUT2D eigenvalue weighted by Crippen LogP contribution is 2.22. The van der Waals surface area contributed by atoms with Crippen molar-refractivity contribution in [1.82, 2.24) is 10.2 Å². The lowest BCUT2D eigenvalue weighted by Gasteiger charge is -2.28. The van der Waals surface area contributed by atoms with E-state index in [2.05, 4.69) is 5.32 Å². The summed E-state index contributed by atoms with van der Waals surface area (Å²) in [6.07, 6.45) is 0.338. The number of methoxy groups -OCH3 is 1. The van der Waals surface area contributed by atoms with Crippen LogP contribution in [0.1, 0.15) is 18.9 Å². The van der Waals surface area contributed by atoms with E-state index in [1.54, 1.807) is 37.7 Å². The molecule has 0 spiro atoms. The second-order valence-corrected chi connectivity index (χ2v) is 7.82. The molecule has 2 amide bonds. The lowest BCUT2D eigenvalue weighted by atomic mass is 10.1. The van der Waals surface area contributed by atoms with Crippen molar-refractivity contribution in [2.24, 2.45) is 0 Å². The van der Waals surface area contributed by atoms with E-state index < -0.39 is 6.04 Å². The molecule has 1 N–H and O–H groups in total. The number of hydrogen-bond acceptors (Lipinski definition) is 4. The second kappa shape index (κ2) is 11.0. The Morgan fingerprint density at radius 1 is 1.14 bits per heavy atom. The van der Waals surface area contributed by atoms with Crippen molar-refractivity contribution in [3.63, 3.8) is 0 Å². The van der Waals surface area contributed by atoms with Crippen LogP contribution in [-0.2, 0) is 16.1 Å². The minimum Gasteiger partial charge on any atom is -0.497 e. The molecule has 0 saturated heterocycles. The molecule has 0 aliphatic carbocycles. The van der Waals surface area contributed by atoms with Gasteiger partial charge in [-0.2, -0.15) is 0 Å². The third-order valence-electron chi connectivity index (χ3n) is 4.32. The lowest BCUT2D eigenvalue weighted by Crippen LogP contribution is -2.46. The highest BCUT2D eigenvalue weighted by Gasteiger charge is 2.25. The maximum absolute atomic E-state index is 12.9. The molecule has 0 fully saturated rings. The summed E-state index contributed by atoms with van der Waals surface area (Å²) in [6, 6.07) is 14.5. The maximum atomic E-state index is 12.9. The van der Waals surface area contributed by atoms with Crippen LogP contribution >= 0.6 is 23.4 Å². The summed E-state index contributed by atoms with van der Waals surface area (Å²) in [5, 5.41) is 3.31. The van der Waals surface area contributed by atoms with Crippen LogP contribution in [0.15, 0.2) is 53.4 Å². The van der Waals surface area contributed by atoms with Crippen LogP contribution in [0.25, 0.3) is 0 Å². The summed E-state index contributed by atoms with van der Waals surface area (Å²) in [5.74, 6) is 1.13. The largest absolute Gasteiger partial charge is 0.497 e. The molecule has 2 rings (SSSR count). The van der Waals surface area contributed by atoms with Crippen molar-refractivity contribution in [3.8, 4) is 5.75 Å². The van der Waals surface area contributed by atoms with Crippen molar-refractivity contribution >= 4 is 35.2 Å². The van der Waals surface area contributed by atoms with Gasteiger partial charge in [-0.3, -0.25) is 9.59 Å². The second-order valence-electron chi connectivity index (χ2n) is 6.21. The zero-order valence-corrected chi connectivity index (χ0v) is 17.8. The van der Waals surface area contributed by atoms with Crippen molar-refractivity contribution in [2.75, 3.05) is 19.9 Å². The first-order valence-electron chi connectivity index (χ1n) is 8.97. The molecule has 0 unspecified atom stereocenters. The first-order valence-corrected chi connectivity index (χ1v) is 10.3. The summed E-state index contributed by atoms with van der Waals surface area (Å²) in [6.45, 7) is 2.11. The Labute approximate surface area is 175 Å². The number of carbonyl (C=O) groups is 2. The van der Waals surface area contributed by atoms with E-state index in [1.165, 1.54) is 0 Å². The molecule has 0 saturated carbocycles. The Bertz CT molecular complexity index is 781. The van der Waals surface area contributed by atoms with Gasteiger partial charge in [0.25, 0.3) is 0 Å². The summed E-state index contributed by atoms with van der Waals surface area (Å²) in [4.78, 5) is 27.7. The van der Waals surface area contributed by atoms with Crippen LogP contribution in [0.3, 0.4) is 0 Å². The van der Waals surface area contributed by atoms with Crippen LogP contribution in [0.5, 0.6) is 5.75 Å². The van der Waals surface area contributed by atoms with Gasteiger partial charge in [0.1, 0.15) is 11.8 Å². The maximum Gasteiger partial charge on any atom is 0.242 e. The number of likely N-dealkylation sites (N-methyl/N-ethyl adjacent to an activating group) is 1. The summed E-state index contributed by atoms with van der Waals surface area (Å²) >= 11 is 7.48. The predicted octanol–water partition coefficient (Wildman–Crippen LogP) is 3.99. The Morgan fingerprint density at radius 3 is 2.36 bits per heavy atom. The van der Waals surface area contributed by atoms with Crippen molar-refractivity contribution in [3.05, 3.63) is 59.1 Å². The van der Waals surface area contributed by atoms with Gasteiger partial charge in [-0.1, -0.05) is 23.7 Å². The van der Waals surface area contributed by atoms with Gasteiger partial charge in [0.05, 0.1) is 7.11 Å². The van der Waals surface area contributed by atoms with Crippen LogP contribution in [-0.4, -0.2) is 42.7 Å². The van der Waals surface area contributed by atoms with E-state index >= 15 is 0 Å². The lowest BCUT2D eigenvalue weighted by molar-refractivity contribution is -0.140. The van der Waals surface area contributed by atoms with Crippen LogP contribution < -0.4 is 10.1 Å². The number of nitrogens with zero attached hydrogens (tertiary/aromatic N) is 1. The van der Waals surface area contributed by atoms with Crippen LogP contribution in [0.4, 0.5) is 0 Å². The molecule has 28 heavy (non-hydrogen) atoms. The standard InChI is InChI=1S/C21H25ClN2O3S/c1-15(21(26)23-2)24(14-16-4-8-18(27-3)9-5-16)20(25)12-13-28-19-10-6-17(22)7-11-19/h4-11,15H,12-14H2,1-3H3,(H,23,26)/t15-/m1/s1. The van der Waals surface area contributed by atoms with E-state index in [0.717, 1.165) is 16.2 Å². The van der Waals surface area contributed by atoms with Gasteiger partial charge in [-0.05, 0) is 48.9 Å². The number of benzene rings is 2. The molecule has 0 heterocycles. The third kappa shape index (κ3) is 6.46. The highest BCUT2D eigenvalue weighted by atomic mass is 35.5. The van der Waals surface area contributed by atoms with E-state index in [-0.39, 0.29) is 11.8 Å². The molecule has 0 aromatic heterocycles. The van der Waals surface area contributed by atoms with Gasteiger partial charge in [-0.15, -0.1) is 11.8 Å². The number of amides is 2. The number of halogens is 1. The molecule has 0 radical (unpaired) electrons. The predicted molar refractivity (Wildman–Crippen MR) is 114 cm³/mol. The molecule has 2 aromatic rings. The molecule has 0 bridgehead atoms. The number of carbonyl (C=O) groups excluding carboxylic acids is 2. The van der Waals surface area contributed by atoms with E-state index in [1.807, 2.05) is 48.5 Å². The minimum atomic E-state index is -0.555. The van der Waals surface area contributed by atoms with Crippen LogP contribution in [0, 0.1) is 0 Å². The van der Waals surface area contributed by atoms with Gasteiger partial charge in [0.2, 0.25) is 11.8 Å². The number of rotatable bonds is 9. The highest BCUT2D eigenvalue weighted by molar-refractivity contribution is 7.99. The Morgan fingerprint density at radius 2 is 1.79 bits per heavy atom. The molecule has 0 aliphatic heterocycles. The molecule has 0 aliphatic rings. The third-order valence-corrected chi connectivity index (χ3v) is 5.59. The monoisotopic (exact) mass is 420 g/mol. The molecule has 5 nitrogen and oxygen atoms in total. The number of hydrogen-bond donors (Lipinski definition) is 1. The van der Waals surface area contributed by atoms with E-state index in [0.29, 0.717) is 23.7 Å². The average Bonchev–Trinajstić information content (AvgIpc) is 2.72. The van der Waals surface area contributed by atoms with Gasteiger partial charge >= 0.3 is 0 Å². The quantitative estimate of drug-likeness (QED) is 0.623. The molecule has 1 atom stereocenters. The van der Waals surface area contributed by atoms with Crippen LogP contribution in [0.2, 0.25) is 5.02 Å². The first-order chi connectivity index (χ1) is 13.4. The summed E-state index contributed by atoms with van der Waals surface area (Å²) in [7, 11) is 3.18. The number of nitrogens with one attached hydrogen (secondary N) is 1. The van der Waals surface area contributed by atoms with Gasteiger partial charge < -0.3 is 15.0 Å². The summed E-state index contributed by atoms with van der Waals surface area (Å²) in [5.41, 5.74) is 0.940. The number of ether oxygens (including phenoxy) is 1. The van der Waals surface area contributed by atoms with Crippen molar-refractivity contribution in [1.29, 1.82) is 0 Å². The first kappa shape index (κ1) is 22.1. The fraction of sp³-hybridized carbons (Fsp3) is 0.333. The fourth-order valence-electron chi connectivity index (χ4n) is 2.65.